The minimum Gasteiger partial charge on any atom is -0.441 e. The maximum Gasteiger partial charge on any atom is 0.405 e. The Hall–Kier alpha value is -1.78. The fourth-order valence-corrected chi connectivity index (χ4v) is 2.86. The van der Waals surface area contributed by atoms with E-state index < -0.39 is 12.2 Å². The van der Waals surface area contributed by atoms with E-state index in [1.807, 2.05) is 26.8 Å². The van der Waals surface area contributed by atoms with Crippen LogP contribution >= 0.6 is 0 Å². The van der Waals surface area contributed by atoms with Crippen LogP contribution in [0.2, 0.25) is 0 Å². The van der Waals surface area contributed by atoms with Crippen LogP contribution in [0.25, 0.3) is 0 Å². The Morgan fingerprint density at radius 1 is 1.48 bits per heavy atom. The molecule has 0 bridgehead atoms. The van der Waals surface area contributed by atoms with Crippen LogP contribution in [0, 0.1) is 12.8 Å². The predicted molar refractivity (Wildman–Crippen MR) is 81.3 cm³/mol. The number of primary amides is 1. The molecule has 1 amide bonds. The maximum absolute atomic E-state index is 12.4. The molecule has 5 heteroatoms. The zero-order chi connectivity index (χ0) is 15.6. The van der Waals surface area contributed by atoms with Gasteiger partial charge in [-0.3, -0.25) is 4.79 Å². The third-order valence-corrected chi connectivity index (χ3v) is 4.11. The molecule has 1 aliphatic carbocycles. The van der Waals surface area contributed by atoms with Crippen molar-refractivity contribution in [1.82, 2.24) is 4.98 Å². The molecular weight excluding hydrogens is 268 g/mol. The number of rotatable bonds is 5. The number of nitrogens with one attached hydrogen (secondary N) is 1. The quantitative estimate of drug-likeness (QED) is 0.874. The highest BCUT2D eigenvalue weighted by atomic mass is 16.6. The minimum atomic E-state index is -0.845. The fraction of sp³-hybridized carbons (Fsp3) is 0.625. The Morgan fingerprint density at radius 2 is 2.14 bits per heavy atom. The Bertz CT molecular complexity index is 573. The lowest BCUT2D eigenvalue weighted by molar-refractivity contribution is 0.0921. The average molecular weight is 292 g/mol. The van der Waals surface area contributed by atoms with Gasteiger partial charge in [-0.25, -0.2) is 4.79 Å². The molecule has 1 heterocycles. The second-order valence-electron chi connectivity index (χ2n) is 6.33. The van der Waals surface area contributed by atoms with Gasteiger partial charge in [-0.05, 0) is 49.7 Å². The molecule has 0 saturated heterocycles. The lowest BCUT2D eigenvalue weighted by Crippen LogP contribution is -2.27. The summed E-state index contributed by atoms with van der Waals surface area (Å²) in [7, 11) is 0. The number of nitrogens with two attached hydrogens (primary N) is 1. The lowest BCUT2D eigenvalue weighted by Gasteiger charge is -2.27. The number of aromatic amines is 1. The van der Waals surface area contributed by atoms with Gasteiger partial charge in [0.05, 0.1) is 5.56 Å². The van der Waals surface area contributed by atoms with Crippen molar-refractivity contribution in [3.05, 3.63) is 33.2 Å². The average Bonchev–Trinajstić information content (AvgIpc) is 2.23. The largest absolute Gasteiger partial charge is 0.441 e. The number of aryl methyl sites for hydroxylation is 1. The molecular formula is C16H24N2O3. The summed E-state index contributed by atoms with van der Waals surface area (Å²) in [6, 6.07) is 2.01. The van der Waals surface area contributed by atoms with E-state index in [1.54, 1.807) is 0 Å². The molecule has 21 heavy (non-hydrogen) atoms. The van der Waals surface area contributed by atoms with Crippen molar-refractivity contribution in [2.75, 3.05) is 0 Å². The van der Waals surface area contributed by atoms with Gasteiger partial charge in [0.15, 0.2) is 0 Å². The van der Waals surface area contributed by atoms with Crippen molar-refractivity contribution in [3.8, 4) is 0 Å². The SMILES string of the molecule is Cc1cc(C2CCC2)[nH]c(=O)c1C(CC(C)C)OC(N)=O. The topological polar surface area (TPSA) is 85.2 Å². The van der Waals surface area contributed by atoms with Gasteiger partial charge in [-0.1, -0.05) is 20.3 Å². The molecule has 1 atom stereocenters. The number of H-pyrrole nitrogens is 1. The third kappa shape index (κ3) is 3.65. The first-order chi connectivity index (χ1) is 9.88. The number of carbonyl (C=O) groups is 1. The fourth-order valence-electron chi connectivity index (χ4n) is 2.86. The van der Waals surface area contributed by atoms with Crippen molar-refractivity contribution in [1.29, 1.82) is 0 Å². The summed E-state index contributed by atoms with van der Waals surface area (Å²) >= 11 is 0. The van der Waals surface area contributed by atoms with E-state index in [9.17, 15) is 9.59 Å². The van der Waals surface area contributed by atoms with E-state index in [0.717, 1.165) is 24.1 Å². The molecule has 116 valence electrons. The Labute approximate surface area is 124 Å². The molecule has 2 rings (SSSR count). The van der Waals surface area contributed by atoms with Crippen LogP contribution in [-0.2, 0) is 4.74 Å². The molecule has 1 aromatic heterocycles. The summed E-state index contributed by atoms with van der Waals surface area (Å²) < 4.78 is 5.17. The first-order valence-electron chi connectivity index (χ1n) is 7.58. The third-order valence-electron chi connectivity index (χ3n) is 4.11. The van der Waals surface area contributed by atoms with Crippen LogP contribution in [0.15, 0.2) is 10.9 Å². The Morgan fingerprint density at radius 3 is 2.57 bits per heavy atom. The predicted octanol–water partition coefficient (Wildman–Crippen LogP) is 3.13. The van der Waals surface area contributed by atoms with Gasteiger partial charge in [0.1, 0.15) is 6.10 Å². The highest BCUT2D eigenvalue weighted by molar-refractivity contribution is 5.65. The van der Waals surface area contributed by atoms with Crippen LogP contribution in [0.4, 0.5) is 4.79 Å². The van der Waals surface area contributed by atoms with Gasteiger partial charge >= 0.3 is 6.09 Å². The second-order valence-corrected chi connectivity index (χ2v) is 6.33. The molecule has 1 fully saturated rings. The lowest BCUT2D eigenvalue weighted by atomic mass is 9.82. The number of aromatic nitrogens is 1. The summed E-state index contributed by atoms with van der Waals surface area (Å²) in [6.07, 6.45) is 2.62. The van der Waals surface area contributed by atoms with Gasteiger partial charge in [0.2, 0.25) is 0 Å². The van der Waals surface area contributed by atoms with Crippen LogP contribution in [-0.4, -0.2) is 11.1 Å². The van der Waals surface area contributed by atoms with E-state index in [1.165, 1.54) is 6.42 Å². The molecule has 1 unspecified atom stereocenters. The maximum atomic E-state index is 12.4. The summed E-state index contributed by atoms with van der Waals surface area (Å²) in [5, 5.41) is 0. The smallest absolute Gasteiger partial charge is 0.405 e. The normalized spacial score (nSPS) is 16.6. The van der Waals surface area contributed by atoms with Gasteiger partial charge in [0.25, 0.3) is 5.56 Å². The number of amides is 1. The summed E-state index contributed by atoms with van der Waals surface area (Å²) in [4.78, 5) is 26.5. The molecule has 5 nitrogen and oxygen atoms in total. The van der Waals surface area contributed by atoms with Crippen molar-refractivity contribution in [2.45, 2.75) is 58.5 Å². The van der Waals surface area contributed by atoms with Gasteiger partial charge < -0.3 is 15.5 Å². The summed E-state index contributed by atoms with van der Waals surface area (Å²) in [6.45, 7) is 5.93. The van der Waals surface area contributed by atoms with Crippen LogP contribution < -0.4 is 11.3 Å². The van der Waals surface area contributed by atoms with E-state index in [0.29, 0.717) is 23.8 Å². The van der Waals surface area contributed by atoms with E-state index in [-0.39, 0.29) is 5.56 Å². The van der Waals surface area contributed by atoms with Crippen molar-refractivity contribution < 1.29 is 9.53 Å². The monoisotopic (exact) mass is 292 g/mol. The standard InChI is InChI=1S/C16H24N2O3/c1-9(2)7-13(21-16(17)20)14-10(3)8-12(18-15(14)19)11-5-4-6-11/h8-9,11,13H,4-7H2,1-3H3,(H2,17,20)(H,18,19). The molecule has 3 N–H and O–H groups in total. The summed E-state index contributed by atoms with van der Waals surface area (Å²) in [5.74, 6) is 0.755. The number of hydrogen-bond acceptors (Lipinski definition) is 3. The van der Waals surface area contributed by atoms with E-state index in [2.05, 4.69) is 4.98 Å². The van der Waals surface area contributed by atoms with Gasteiger partial charge in [-0.15, -0.1) is 0 Å². The highest BCUT2D eigenvalue weighted by Crippen LogP contribution is 2.36. The second kappa shape index (κ2) is 6.33. The molecule has 1 saturated carbocycles. The van der Waals surface area contributed by atoms with E-state index in [4.69, 9.17) is 10.5 Å². The van der Waals surface area contributed by atoms with Gasteiger partial charge in [0, 0.05) is 5.69 Å². The molecule has 1 aliphatic rings. The van der Waals surface area contributed by atoms with Gasteiger partial charge in [-0.2, -0.15) is 0 Å². The minimum absolute atomic E-state index is 0.163. The number of pyridine rings is 1. The number of carbonyl (C=O) groups excluding carboxylic acids is 1. The van der Waals surface area contributed by atoms with Crippen LogP contribution in [0.5, 0.6) is 0 Å². The number of hydrogen-bond donors (Lipinski definition) is 2. The van der Waals surface area contributed by atoms with Crippen molar-refractivity contribution >= 4 is 6.09 Å². The van der Waals surface area contributed by atoms with Crippen molar-refractivity contribution in [3.63, 3.8) is 0 Å². The first kappa shape index (κ1) is 15.6. The van der Waals surface area contributed by atoms with Crippen LogP contribution in [0.1, 0.15) is 68.4 Å². The molecule has 0 spiro atoms. The first-order valence-corrected chi connectivity index (χ1v) is 7.58. The molecule has 0 radical (unpaired) electrons. The number of ether oxygens (including phenoxy) is 1. The Kier molecular flexibility index (Phi) is 4.70. The van der Waals surface area contributed by atoms with E-state index >= 15 is 0 Å². The zero-order valence-electron chi connectivity index (χ0n) is 12.9. The molecule has 0 aromatic carbocycles. The Balaban J connectivity index is 2.34. The highest BCUT2D eigenvalue weighted by Gasteiger charge is 2.26. The summed E-state index contributed by atoms with van der Waals surface area (Å²) in [5.41, 5.74) is 7.36. The molecule has 1 aromatic rings. The van der Waals surface area contributed by atoms with Crippen molar-refractivity contribution in [2.24, 2.45) is 11.7 Å². The van der Waals surface area contributed by atoms with Crippen LogP contribution in [0.3, 0.4) is 0 Å². The zero-order valence-corrected chi connectivity index (χ0v) is 12.9. The molecule has 0 aliphatic heterocycles.